The Bertz CT molecular complexity index is 2070. The standard InChI is InChI=1S/C46H56N2O18/c1-28(50)62-40-41(63-29(2)51)43(64-30(3)52)45(66-42(40)44(54)56-4)65-38-14-13-31(26-49)25-37(38)48-39(53)15-17-57-19-21-59-23-24-60-22-20-58-18-16-47-46(55)61-27-36-34-11-7-5-9-32(34)33-10-6-8-12-35(33)36/h5-14,25,36,40-43,45,49H,15-24,26-27H2,1-4H3,(H,47,55)(H,48,53)/t40-,41-,42-,43+,45+/m0/s1. The summed E-state index contributed by atoms with van der Waals surface area (Å²) in [4.78, 5) is 74.5. The minimum absolute atomic E-state index is 0.0157. The van der Waals surface area contributed by atoms with Gasteiger partial charge in [0.1, 0.15) is 12.4 Å². The lowest BCUT2D eigenvalue weighted by atomic mass is 9.97. The third-order valence-electron chi connectivity index (χ3n) is 10.0. The van der Waals surface area contributed by atoms with Crippen molar-refractivity contribution in [2.24, 2.45) is 0 Å². The van der Waals surface area contributed by atoms with Crippen LogP contribution in [0.15, 0.2) is 66.7 Å². The van der Waals surface area contributed by atoms with E-state index in [9.17, 15) is 33.9 Å². The molecule has 2 aliphatic rings. The number of carbonyl (C=O) groups excluding carboxylic acids is 6. The predicted molar refractivity (Wildman–Crippen MR) is 230 cm³/mol. The number of anilines is 1. The number of benzene rings is 3. The molecule has 66 heavy (non-hydrogen) atoms. The molecule has 0 aromatic heterocycles. The highest BCUT2D eigenvalue weighted by molar-refractivity contribution is 5.92. The molecule has 358 valence electrons. The summed E-state index contributed by atoms with van der Waals surface area (Å²) in [6, 6.07) is 20.6. The molecule has 1 aliphatic carbocycles. The number of hydrogen-bond donors (Lipinski definition) is 3. The smallest absolute Gasteiger partial charge is 0.407 e. The Labute approximate surface area is 381 Å². The van der Waals surface area contributed by atoms with Crippen LogP contribution in [0.1, 0.15) is 49.8 Å². The number of amides is 2. The second-order valence-electron chi connectivity index (χ2n) is 14.8. The van der Waals surface area contributed by atoms with Crippen molar-refractivity contribution in [3.8, 4) is 16.9 Å². The van der Waals surface area contributed by atoms with Crippen molar-refractivity contribution in [2.75, 3.05) is 78.4 Å². The quantitative estimate of drug-likeness (QED) is 0.0627. The molecule has 3 aromatic carbocycles. The number of rotatable bonds is 25. The summed E-state index contributed by atoms with van der Waals surface area (Å²) in [6.07, 6.45) is -8.75. The summed E-state index contributed by atoms with van der Waals surface area (Å²) in [5.74, 6) is -4.17. The molecule has 0 unspecified atom stereocenters. The van der Waals surface area contributed by atoms with Crippen molar-refractivity contribution in [2.45, 2.75) is 70.4 Å². The van der Waals surface area contributed by atoms with Gasteiger partial charge in [-0.3, -0.25) is 19.2 Å². The molecular formula is C46H56N2O18. The first-order chi connectivity index (χ1) is 31.9. The molecule has 0 bridgehead atoms. The maximum atomic E-state index is 13.0. The van der Waals surface area contributed by atoms with Gasteiger partial charge in [-0.15, -0.1) is 0 Å². The second kappa shape index (κ2) is 26.1. The van der Waals surface area contributed by atoms with Gasteiger partial charge in [-0.25, -0.2) is 9.59 Å². The molecule has 1 heterocycles. The van der Waals surface area contributed by atoms with E-state index in [0.717, 1.165) is 50.1 Å². The fourth-order valence-corrected chi connectivity index (χ4v) is 7.19. The first-order valence-electron chi connectivity index (χ1n) is 21.2. The van der Waals surface area contributed by atoms with Crippen LogP contribution in [-0.2, 0) is 77.9 Å². The second-order valence-corrected chi connectivity index (χ2v) is 14.8. The van der Waals surface area contributed by atoms with E-state index in [4.69, 9.17) is 52.1 Å². The number of esters is 4. The van der Waals surface area contributed by atoms with Gasteiger partial charge in [-0.1, -0.05) is 54.6 Å². The highest BCUT2D eigenvalue weighted by Gasteiger charge is 2.56. The molecule has 20 nitrogen and oxygen atoms in total. The average molecular weight is 925 g/mol. The summed E-state index contributed by atoms with van der Waals surface area (Å²) in [6.45, 7) is 5.31. The predicted octanol–water partition coefficient (Wildman–Crippen LogP) is 3.18. The van der Waals surface area contributed by atoms with Crippen molar-refractivity contribution in [1.29, 1.82) is 0 Å². The lowest BCUT2D eigenvalue weighted by Crippen LogP contribution is -2.64. The largest absolute Gasteiger partial charge is 0.467 e. The summed E-state index contributed by atoms with van der Waals surface area (Å²) in [7, 11) is 1.06. The molecule has 0 saturated carbocycles. The Kier molecular flexibility index (Phi) is 20.1. The van der Waals surface area contributed by atoms with E-state index >= 15 is 0 Å². The Balaban J connectivity index is 0.958. The van der Waals surface area contributed by atoms with E-state index in [1.165, 1.54) is 18.2 Å². The Morgan fingerprint density at radius 2 is 1.21 bits per heavy atom. The molecule has 2 amide bonds. The molecule has 5 rings (SSSR count). The zero-order valence-electron chi connectivity index (χ0n) is 37.2. The number of carbonyl (C=O) groups is 6. The van der Waals surface area contributed by atoms with Gasteiger partial charge in [0.05, 0.1) is 78.7 Å². The molecular weight excluding hydrogens is 869 g/mol. The lowest BCUT2D eigenvalue weighted by molar-refractivity contribution is -0.282. The molecule has 0 spiro atoms. The molecule has 1 aliphatic heterocycles. The summed E-state index contributed by atoms with van der Waals surface area (Å²) in [5.41, 5.74) is 5.07. The normalized spacial score (nSPS) is 18.5. The summed E-state index contributed by atoms with van der Waals surface area (Å²) in [5, 5.41) is 15.2. The highest BCUT2D eigenvalue weighted by Crippen LogP contribution is 2.44. The highest BCUT2D eigenvalue weighted by atomic mass is 16.7. The van der Waals surface area contributed by atoms with Crippen LogP contribution in [-0.4, -0.2) is 145 Å². The molecule has 3 aromatic rings. The summed E-state index contributed by atoms with van der Waals surface area (Å²) < 4.78 is 60.4. The van der Waals surface area contributed by atoms with E-state index < -0.39 is 73.2 Å². The van der Waals surface area contributed by atoms with Crippen LogP contribution in [0.4, 0.5) is 10.5 Å². The van der Waals surface area contributed by atoms with Crippen molar-refractivity contribution in [3.05, 3.63) is 83.4 Å². The number of aliphatic hydroxyl groups is 1. The topological polar surface area (TPSA) is 248 Å². The number of hydrogen-bond acceptors (Lipinski definition) is 18. The van der Waals surface area contributed by atoms with Gasteiger partial charge in [0, 0.05) is 33.2 Å². The van der Waals surface area contributed by atoms with Gasteiger partial charge in [-0.2, -0.15) is 0 Å². The third-order valence-corrected chi connectivity index (χ3v) is 10.0. The van der Waals surface area contributed by atoms with Crippen LogP contribution >= 0.6 is 0 Å². The zero-order chi connectivity index (χ0) is 47.4. The maximum absolute atomic E-state index is 13.0. The molecule has 3 N–H and O–H groups in total. The van der Waals surface area contributed by atoms with E-state index in [1.54, 1.807) is 0 Å². The molecule has 5 atom stereocenters. The van der Waals surface area contributed by atoms with Crippen molar-refractivity contribution in [1.82, 2.24) is 5.32 Å². The zero-order valence-corrected chi connectivity index (χ0v) is 37.2. The molecule has 1 fully saturated rings. The number of ether oxygens (including phenoxy) is 11. The molecule has 0 radical (unpaired) electrons. The van der Waals surface area contributed by atoms with Gasteiger partial charge in [0.25, 0.3) is 0 Å². The van der Waals surface area contributed by atoms with Gasteiger partial charge >= 0.3 is 30.0 Å². The van der Waals surface area contributed by atoms with Crippen LogP contribution in [0, 0.1) is 0 Å². The first-order valence-corrected chi connectivity index (χ1v) is 21.2. The third kappa shape index (κ3) is 14.9. The van der Waals surface area contributed by atoms with Gasteiger partial charge in [0.2, 0.25) is 18.3 Å². The Hall–Kier alpha value is -6.16. The molecule has 1 saturated heterocycles. The van der Waals surface area contributed by atoms with Gasteiger partial charge in [-0.05, 0) is 39.9 Å². The van der Waals surface area contributed by atoms with Crippen molar-refractivity contribution >= 4 is 41.6 Å². The van der Waals surface area contributed by atoms with Crippen LogP contribution < -0.4 is 15.4 Å². The van der Waals surface area contributed by atoms with Crippen LogP contribution in [0.3, 0.4) is 0 Å². The van der Waals surface area contributed by atoms with E-state index in [0.29, 0.717) is 32.0 Å². The van der Waals surface area contributed by atoms with Crippen molar-refractivity contribution < 1.29 is 86.0 Å². The Morgan fingerprint density at radius 3 is 1.79 bits per heavy atom. The fraction of sp³-hybridized carbons (Fsp3) is 0.478. The maximum Gasteiger partial charge on any atom is 0.407 e. The van der Waals surface area contributed by atoms with E-state index in [-0.39, 0.29) is 63.4 Å². The van der Waals surface area contributed by atoms with Gasteiger partial charge in [0.15, 0.2) is 18.3 Å². The summed E-state index contributed by atoms with van der Waals surface area (Å²) >= 11 is 0. The first kappa shape index (κ1) is 50.8. The van der Waals surface area contributed by atoms with Gasteiger partial charge < -0.3 is 67.8 Å². The average Bonchev–Trinajstić information content (AvgIpc) is 3.61. The van der Waals surface area contributed by atoms with E-state index in [2.05, 4.69) is 34.9 Å². The number of alkyl carbamates (subject to hydrolysis) is 1. The number of nitrogens with one attached hydrogen (secondary N) is 2. The number of aliphatic hydroxyl groups excluding tert-OH is 1. The van der Waals surface area contributed by atoms with Crippen molar-refractivity contribution in [3.63, 3.8) is 0 Å². The molecule has 20 heteroatoms. The van der Waals surface area contributed by atoms with E-state index in [1.807, 2.05) is 24.3 Å². The van der Waals surface area contributed by atoms with Crippen LogP contribution in [0.25, 0.3) is 11.1 Å². The van der Waals surface area contributed by atoms with Crippen LogP contribution in [0.2, 0.25) is 0 Å². The number of methoxy groups -OCH3 is 1. The SMILES string of the molecule is COC(=O)[C@H]1O[C@@H](Oc2ccc(CO)cc2NC(=O)CCOCCOCCOCCOCCNC(=O)OCC2c3ccccc3-c3ccccc32)[C@H](OC(C)=O)[C@@H](OC(C)=O)[C@@H]1OC(C)=O. The minimum Gasteiger partial charge on any atom is -0.467 e. The Morgan fingerprint density at radius 1 is 0.667 bits per heavy atom. The lowest BCUT2D eigenvalue weighted by Gasteiger charge is -2.43. The monoisotopic (exact) mass is 924 g/mol. The van der Waals surface area contributed by atoms with Crippen LogP contribution in [0.5, 0.6) is 5.75 Å². The fourth-order valence-electron chi connectivity index (χ4n) is 7.19. The number of fused-ring (bicyclic) bond motifs is 3. The minimum atomic E-state index is -1.70.